The molecule has 1 rings (SSSR count). The second kappa shape index (κ2) is 6.93. The van der Waals surface area contributed by atoms with Crippen molar-refractivity contribution in [1.29, 1.82) is 0 Å². The fraction of sp³-hybridized carbons (Fsp3) is 0.800. The first-order valence-corrected chi connectivity index (χ1v) is 6.29. The molecule has 1 saturated heterocycles. The molecule has 5 nitrogen and oxygen atoms in total. The van der Waals surface area contributed by atoms with E-state index in [4.69, 9.17) is 10.5 Å². The summed E-state index contributed by atoms with van der Waals surface area (Å²) < 4.78 is 9.63. The van der Waals surface area contributed by atoms with Crippen LogP contribution < -0.4 is 15.7 Å². The Bertz CT molecular complexity index is 269. The lowest BCUT2D eigenvalue weighted by atomic mass is 10.0. The summed E-state index contributed by atoms with van der Waals surface area (Å²) in [6, 6.07) is 0. The fourth-order valence-corrected chi connectivity index (χ4v) is 2.67. The van der Waals surface area contributed by atoms with Gasteiger partial charge in [-0.25, -0.2) is 4.67 Å². The van der Waals surface area contributed by atoms with Gasteiger partial charge in [-0.05, 0) is 19.4 Å². The molecule has 92 valence electrons. The van der Waals surface area contributed by atoms with Crippen molar-refractivity contribution in [2.24, 2.45) is 5.73 Å². The molecule has 0 aromatic rings. The number of nitrogens with zero attached hydrogens (tertiary/aromatic N) is 1. The van der Waals surface area contributed by atoms with E-state index in [-0.39, 0.29) is 17.6 Å². The van der Waals surface area contributed by atoms with Crippen LogP contribution in [0, 0.1) is 0 Å². The maximum Gasteiger partial charge on any atom is 0.405 e. The van der Waals surface area contributed by atoms with Crippen LogP contribution in [-0.4, -0.2) is 48.2 Å². The summed E-state index contributed by atoms with van der Waals surface area (Å²) in [6.07, 6.45) is 1.81. The van der Waals surface area contributed by atoms with E-state index in [9.17, 15) is 5.11 Å². The zero-order chi connectivity index (χ0) is 12.0. The van der Waals surface area contributed by atoms with E-state index in [2.05, 4.69) is 16.7 Å². The molecule has 3 unspecified atom stereocenters. The van der Waals surface area contributed by atoms with Crippen molar-refractivity contribution in [2.45, 2.75) is 36.9 Å². The van der Waals surface area contributed by atoms with Gasteiger partial charge in [0.05, 0.1) is 19.3 Å². The van der Waals surface area contributed by atoms with Crippen molar-refractivity contribution in [3.05, 3.63) is 0 Å². The zero-order valence-corrected chi connectivity index (χ0v) is 10.4. The van der Waals surface area contributed by atoms with Crippen molar-refractivity contribution in [1.82, 2.24) is 9.98 Å². The van der Waals surface area contributed by atoms with Gasteiger partial charge in [-0.1, -0.05) is 0 Å². The maximum atomic E-state index is 9.72. The van der Waals surface area contributed by atoms with Crippen LogP contribution in [0.4, 0.5) is 0 Å². The van der Waals surface area contributed by atoms with E-state index in [1.807, 2.05) is 0 Å². The van der Waals surface area contributed by atoms with Crippen LogP contribution in [0.1, 0.15) is 19.3 Å². The topological polar surface area (TPSA) is 81.6 Å². The van der Waals surface area contributed by atoms with Gasteiger partial charge in [-0.3, -0.25) is 5.32 Å². The second-order valence-corrected chi connectivity index (χ2v) is 4.87. The largest absolute Gasteiger partial charge is 0.405 e. The summed E-state index contributed by atoms with van der Waals surface area (Å²) in [5.41, 5.74) is 5.41. The molecule has 1 aliphatic rings. The highest BCUT2D eigenvalue weighted by Gasteiger charge is 2.30. The Hall–Kier alpha value is -0.520. The third-order valence-electron chi connectivity index (χ3n) is 2.43. The number of hydrogen-bond donors (Lipinski definition) is 3. The predicted octanol–water partition coefficient (Wildman–Crippen LogP) is -0.722. The van der Waals surface area contributed by atoms with Crippen molar-refractivity contribution in [2.75, 3.05) is 13.6 Å². The minimum Gasteiger partial charge on any atom is -0.393 e. The lowest BCUT2D eigenvalue weighted by Crippen LogP contribution is -2.36. The zero-order valence-electron chi connectivity index (χ0n) is 9.56. The fourth-order valence-electron chi connectivity index (χ4n) is 1.70. The number of amidine groups is 1. The van der Waals surface area contributed by atoms with E-state index >= 15 is 0 Å². The van der Waals surface area contributed by atoms with Gasteiger partial charge in [-0.15, -0.1) is 0 Å². The quantitative estimate of drug-likeness (QED) is 0.348. The number of nitrogens with two attached hydrogens (primary N) is 1. The number of hydrogen-bond acceptors (Lipinski definition) is 4. The van der Waals surface area contributed by atoms with Gasteiger partial charge in [0.25, 0.3) is 0 Å². The second-order valence-electron chi connectivity index (χ2n) is 3.72. The Labute approximate surface area is 100 Å². The van der Waals surface area contributed by atoms with Crippen LogP contribution in [0.2, 0.25) is 0 Å². The first kappa shape index (κ1) is 13.5. The normalized spacial score (nSPS) is 29.6. The lowest BCUT2D eigenvalue weighted by molar-refractivity contribution is -0.0601. The predicted molar refractivity (Wildman–Crippen MR) is 68.5 cm³/mol. The molecule has 1 aliphatic heterocycles. The minimum absolute atomic E-state index is 0.0502. The van der Waals surface area contributed by atoms with Gasteiger partial charge in [0.2, 0.25) is 0 Å². The monoisotopic (exact) mass is 246 g/mol. The lowest BCUT2D eigenvalue weighted by Gasteiger charge is -2.31. The number of aliphatic hydroxyl groups is 1. The highest BCUT2D eigenvalue weighted by Crippen LogP contribution is 2.28. The molecule has 0 saturated carbocycles. The molecule has 3 atom stereocenters. The summed E-state index contributed by atoms with van der Waals surface area (Å²) in [7, 11) is 1.79. The molecular weight excluding hydrogens is 226 g/mol. The van der Waals surface area contributed by atoms with E-state index in [1.165, 1.54) is 11.8 Å². The number of nitrogens with one attached hydrogen (secondary N) is 1. The van der Waals surface area contributed by atoms with Crippen molar-refractivity contribution in [3.63, 3.8) is 0 Å². The molecule has 0 spiro atoms. The third-order valence-corrected chi connectivity index (χ3v) is 3.56. The Morgan fingerprint density at radius 1 is 1.69 bits per heavy atom. The molecule has 4 N–H and O–H groups in total. The van der Waals surface area contributed by atoms with E-state index in [1.54, 1.807) is 7.05 Å². The smallest absolute Gasteiger partial charge is 0.393 e. The van der Waals surface area contributed by atoms with Gasteiger partial charge in [-0.2, -0.15) is 0 Å². The van der Waals surface area contributed by atoms with E-state index in [0.717, 1.165) is 6.42 Å². The molecule has 0 aliphatic carbocycles. The molecule has 0 bridgehead atoms. The number of ether oxygens (including phenoxy) is 1. The van der Waals surface area contributed by atoms with Gasteiger partial charge in [0, 0.05) is 18.2 Å². The Morgan fingerprint density at radius 3 is 3.00 bits per heavy atom. The van der Waals surface area contributed by atoms with Gasteiger partial charge in [0.15, 0.2) is 6.72 Å². The van der Waals surface area contributed by atoms with Crippen LogP contribution in [-0.2, 0) is 4.74 Å². The molecule has 6 heteroatoms. The Balaban J connectivity index is 2.50. The first-order chi connectivity index (χ1) is 7.69. The number of rotatable bonds is 3. The summed E-state index contributed by atoms with van der Waals surface area (Å²) in [5.74, 6) is 0. The Morgan fingerprint density at radius 2 is 2.44 bits per heavy atom. The molecule has 0 amide bonds. The highest BCUT2D eigenvalue weighted by molar-refractivity contribution is 8.14. The molecule has 1 heterocycles. The summed E-state index contributed by atoms with van der Waals surface area (Å²) in [5, 5.41) is 13.4. The number of aliphatic hydroxyl groups excluding tert-OH is 1. The first-order valence-electron chi connectivity index (χ1n) is 5.41. The van der Waals surface area contributed by atoms with Gasteiger partial charge in [0.1, 0.15) is 5.44 Å². The van der Waals surface area contributed by atoms with Crippen LogP contribution >= 0.6 is 11.8 Å². The molecular formula is C10H20N3O2S+. The standard InChI is InChI=1S/C10H19N3O2S/c1-12-10(13-2)16-9-6-7(14)5-8(15-9)3-4-11/h7-9,14H,1,3-6,11H2,2H3/p+1. The van der Waals surface area contributed by atoms with Crippen molar-refractivity contribution in [3.8, 4) is 0 Å². The third kappa shape index (κ3) is 4.15. The highest BCUT2D eigenvalue weighted by atomic mass is 32.2. The molecule has 0 aromatic heterocycles. The SMILES string of the molecule is C=[N+]=C(NC)SC1CC(O)CC(CCN)O1. The van der Waals surface area contributed by atoms with Crippen LogP contribution in [0.3, 0.4) is 0 Å². The average molecular weight is 246 g/mol. The van der Waals surface area contributed by atoms with Crippen LogP contribution in [0.25, 0.3) is 0 Å². The molecule has 16 heavy (non-hydrogen) atoms. The van der Waals surface area contributed by atoms with Crippen molar-refractivity contribution < 1.29 is 9.84 Å². The Kier molecular flexibility index (Phi) is 5.87. The van der Waals surface area contributed by atoms with Gasteiger partial charge < -0.3 is 15.6 Å². The van der Waals surface area contributed by atoms with E-state index < -0.39 is 0 Å². The van der Waals surface area contributed by atoms with Crippen LogP contribution in [0.15, 0.2) is 0 Å². The summed E-state index contributed by atoms with van der Waals surface area (Å²) >= 11 is 1.45. The van der Waals surface area contributed by atoms with Crippen LogP contribution in [0.5, 0.6) is 0 Å². The maximum absolute atomic E-state index is 9.72. The summed E-state index contributed by atoms with van der Waals surface area (Å²) in [6.45, 7) is 4.04. The molecule has 0 aromatic carbocycles. The number of thioether (sulfide) groups is 1. The molecule has 0 radical (unpaired) electrons. The average Bonchev–Trinajstić information content (AvgIpc) is 2.25. The minimum atomic E-state index is -0.314. The van der Waals surface area contributed by atoms with E-state index in [0.29, 0.717) is 24.6 Å². The van der Waals surface area contributed by atoms with Gasteiger partial charge >= 0.3 is 5.17 Å². The summed E-state index contributed by atoms with van der Waals surface area (Å²) in [4.78, 5) is 0. The van der Waals surface area contributed by atoms with Crippen molar-refractivity contribution >= 4 is 23.6 Å². The molecule has 1 fully saturated rings.